The van der Waals surface area contributed by atoms with E-state index in [1.165, 1.54) is 6.42 Å². The van der Waals surface area contributed by atoms with Gasteiger partial charge in [-0.2, -0.15) is 0 Å². The van der Waals surface area contributed by atoms with Crippen LogP contribution in [0.15, 0.2) is 12.2 Å². The number of hydrogen-bond donors (Lipinski definition) is 0. The summed E-state index contributed by atoms with van der Waals surface area (Å²) in [7, 11) is 0. The van der Waals surface area contributed by atoms with Crippen LogP contribution in [0.3, 0.4) is 0 Å². The Bertz CT molecular complexity index is 533. The minimum atomic E-state index is -0.435. The molecule has 5 heteroatoms. The zero-order chi connectivity index (χ0) is 21.9. The number of esters is 2. The fourth-order valence-corrected chi connectivity index (χ4v) is 3.02. The van der Waals surface area contributed by atoms with Gasteiger partial charge in [-0.1, -0.05) is 64.4 Å². The second-order valence-electron chi connectivity index (χ2n) is 7.61. The van der Waals surface area contributed by atoms with E-state index in [0.29, 0.717) is 13.0 Å². The molecule has 0 N–H and O–H groups in total. The van der Waals surface area contributed by atoms with Gasteiger partial charge in [0.1, 0.15) is 0 Å². The highest BCUT2D eigenvalue weighted by Gasteiger charge is 2.19. The van der Waals surface area contributed by atoms with Crippen molar-refractivity contribution in [3.8, 4) is 11.8 Å². The molecule has 0 amide bonds. The van der Waals surface area contributed by atoms with Crippen molar-refractivity contribution in [2.24, 2.45) is 5.92 Å². The van der Waals surface area contributed by atoms with Gasteiger partial charge in [0.15, 0.2) is 6.10 Å². The number of unbranched alkanes of at least 4 members (excludes halogenated alkanes) is 5. The smallest absolute Gasteiger partial charge is 0.307 e. The number of allylic oxidation sites excluding steroid dienone is 1. The molecule has 0 fully saturated rings. The number of ether oxygens (including phenoxy) is 2. The summed E-state index contributed by atoms with van der Waals surface area (Å²) in [5, 5.41) is 0. The zero-order valence-corrected chi connectivity index (χ0v) is 19.3. The van der Waals surface area contributed by atoms with Crippen LogP contribution < -0.4 is 0 Å². The number of rotatable bonds is 16. The number of alkyl halides is 1. The van der Waals surface area contributed by atoms with Gasteiger partial charge in [0.25, 0.3) is 0 Å². The van der Waals surface area contributed by atoms with Crippen LogP contribution in [0.5, 0.6) is 0 Å². The Balaban J connectivity index is 4.00. The van der Waals surface area contributed by atoms with Crippen LogP contribution in [0.25, 0.3) is 0 Å². The van der Waals surface area contributed by atoms with Gasteiger partial charge in [-0.3, -0.25) is 9.59 Å². The zero-order valence-electron chi connectivity index (χ0n) is 18.6. The Labute approximate surface area is 182 Å². The van der Waals surface area contributed by atoms with Crippen LogP contribution in [0.2, 0.25) is 0 Å². The Hall–Kier alpha value is -1.47. The van der Waals surface area contributed by atoms with Crippen LogP contribution in [0.4, 0.5) is 0 Å². The minimum absolute atomic E-state index is 0.163. The van der Waals surface area contributed by atoms with Crippen molar-refractivity contribution < 1.29 is 19.1 Å². The normalized spacial score (nSPS) is 12.4. The maximum absolute atomic E-state index is 12.1. The Kier molecular flexibility index (Phi) is 17.6. The standard InChI is InChI=1S/C24H39ClO4/c1-5-13-21(4)22(17-16-20(2)3)29-24(27)15-12-14-23(26)28-19-11-9-7-6-8-10-18-25/h21-22H,2,5-15,18-19H2,1,3-4H3. The Morgan fingerprint density at radius 2 is 1.62 bits per heavy atom. The molecular weight excluding hydrogens is 388 g/mol. The fraction of sp³-hybridized carbons (Fsp3) is 0.750. The lowest BCUT2D eigenvalue weighted by atomic mass is 9.99. The van der Waals surface area contributed by atoms with E-state index in [1.54, 1.807) is 0 Å². The molecule has 166 valence electrons. The summed E-state index contributed by atoms with van der Waals surface area (Å²) in [5.41, 5.74) is 0.743. The molecule has 0 rings (SSSR count). The van der Waals surface area contributed by atoms with Crippen LogP contribution in [-0.4, -0.2) is 30.5 Å². The monoisotopic (exact) mass is 426 g/mol. The molecular formula is C24H39ClO4. The number of hydrogen-bond acceptors (Lipinski definition) is 4. The predicted molar refractivity (Wildman–Crippen MR) is 120 cm³/mol. The van der Waals surface area contributed by atoms with Crippen molar-refractivity contribution in [3.63, 3.8) is 0 Å². The average molecular weight is 427 g/mol. The number of halogens is 1. The predicted octanol–water partition coefficient (Wildman–Crippen LogP) is 6.21. The Morgan fingerprint density at radius 3 is 2.24 bits per heavy atom. The average Bonchev–Trinajstić information content (AvgIpc) is 2.67. The van der Waals surface area contributed by atoms with Crippen LogP contribution in [0.1, 0.15) is 91.4 Å². The first-order valence-corrected chi connectivity index (χ1v) is 11.5. The van der Waals surface area contributed by atoms with E-state index in [-0.39, 0.29) is 30.7 Å². The SMILES string of the molecule is C=C(C)C#CC(OC(=O)CCCC(=O)OCCCCCCCCCl)C(C)CCC. The van der Waals surface area contributed by atoms with E-state index in [2.05, 4.69) is 25.3 Å². The van der Waals surface area contributed by atoms with E-state index < -0.39 is 6.10 Å². The summed E-state index contributed by atoms with van der Waals surface area (Å²) < 4.78 is 10.8. The molecule has 29 heavy (non-hydrogen) atoms. The van der Waals surface area contributed by atoms with Crippen molar-refractivity contribution in [2.75, 3.05) is 12.5 Å². The first-order chi connectivity index (χ1) is 13.9. The quantitative estimate of drug-likeness (QED) is 0.127. The van der Waals surface area contributed by atoms with Gasteiger partial charge in [-0.05, 0) is 38.2 Å². The van der Waals surface area contributed by atoms with Crippen molar-refractivity contribution in [1.29, 1.82) is 0 Å². The first kappa shape index (κ1) is 27.5. The molecule has 0 heterocycles. The molecule has 0 saturated carbocycles. The summed E-state index contributed by atoms with van der Waals surface area (Å²) in [5.74, 6) is 6.23. The van der Waals surface area contributed by atoms with Crippen LogP contribution in [0, 0.1) is 17.8 Å². The van der Waals surface area contributed by atoms with Gasteiger partial charge >= 0.3 is 11.9 Å². The molecule has 0 aliphatic heterocycles. The molecule has 0 spiro atoms. The van der Waals surface area contributed by atoms with Gasteiger partial charge < -0.3 is 9.47 Å². The summed E-state index contributed by atoms with van der Waals surface area (Å²) >= 11 is 5.64. The molecule has 0 saturated heterocycles. The molecule has 0 aliphatic carbocycles. The van der Waals surface area contributed by atoms with Crippen LogP contribution >= 0.6 is 11.6 Å². The molecule has 2 atom stereocenters. The molecule has 4 nitrogen and oxygen atoms in total. The van der Waals surface area contributed by atoms with Crippen molar-refractivity contribution >= 4 is 23.5 Å². The number of carbonyl (C=O) groups is 2. The lowest BCUT2D eigenvalue weighted by Crippen LogP contribution is -2.24. The second-order valence-corrected chi connectivity index (χ2v) is 7.99. The van der Waals surface area contributed by atoms with Crippen LogP contribution in [-0.2, 0) is 19.1 Å². The molecule has 2 unspecified atom stereocenters. The van der Waals surface area contributed by atoms with Gasteiger partial charge in [-0.15, -0.1) is 11.6 Å². The molecule has 0 bridgehead atoms. The van der Waals surface area contributed by atoms with Gasteiger partial charge in [0, 0.05) is 24.6 Å². The number of carbonyl (C=O) groups excluding carboxylic acids is 2. The Morgan fingerprint density at radius 1 is 1.00 bits per heavy atom. The van der Waals surface area contributed by atoms with E-state index in [1.807, 2.05) is 13.8 Å². The third kappa shape index (κ3) is 17.1. The van der Waals surface area contributed by atoms with E-state index >= 15 is 0 Å². The molecule has 0 aromatic heterocycles. The highest BCUT2D eigenvalue weighted by atomic mass is 35.5. The molecule has 0 aliphatic rings. The van der Waals surface area contributed by atoms with Gasteiger partial charge in [0.05, 0.1) is 6.61 Å². The summed E-state index contributed by atoms with van der Waals surface area (Å²) in [6.07, 6.45) is 8.85. The van der Waals surface area contributed by atoms with Crippen molar-refractivity contribution in [2.45, 2.75) is 97.5 Å². The van der Waals surface area contributed by atoms with Gasteiger partial charge in [-0.25, -0.2) is 0 Å². The summed E-state index contributed by atoms with van der Waals surface area (Å²) in [4.78, 5) is 23.9. The summed E-state index contributed by atoms with van der Waals surface area (Å²) in [6, 6.07) is 0. The maximum Gasteiger partial charge on any atom is 0.307 e. The third-order valence-corrected chi connectivity index (χ3v) is 4.77. The largest absolute Gasteiger partial charge is 0.466 e. The molecule has 0 aromatic carbocycles. The van der Waals surface area contributed by atoms with E-state index in [0.717, 1.165) is 56.4 Å². The summed E-state index contributed by atoms with van der Waals surface area (Å²) in [6.45, 7) is 10.2. The van der Waals surface area contributed by atoms with Crippen molar-refractivity contribution in [1.82, 2.24) is 0 Å². The highest BCUT2D eigenvalue weighted by Crippen LogP contribution is 2.15. The minimum Gasteiger partial charge on any atom is -0.466 e. The lowest BCUT2D eigenvalue weighted by molar-refractivity contribution is -0.149. The van der Waals surface area contributed by atoms with E-state index in [4.69, 9.17) is 21.1 Å². The van der Waals surface area contributed by atoms with E-state index in [9.17, 15) is 9.59 Å². The van der Waals surface area contributed by atoms with Gasteiger partial charge in [0.2, 0.25) is 0 Å². The highest BCUT2D eigenvalue weighted by molar-refractivity contribution is 6.17. The lowest BCUT2D eigenvalue weighted by Gasteiger charge is -2.19. The molecule has 0 aromatic rings. The first-order valence-electron chi connectivity index (χ1n) is 11.0. The topological polar surface area (TPSA) is 52.6 Å². The fourth-order valence-electron chi connectivity index (χ4n) is 2.83. The third-order valence-electron chi connectivity index (χ3n) is 4.50. The second kappa shape index (κ2) is 18.6. The molecule has 0 radical (unpaired) electrons. The maximum atomic E-state index is 12.1. The van der Waals surface area contributed by atoms with Crippen molar-refractivity contribution in [3.05, 3.63) is 12.2 Å².